The van der Waals surface area contributed by atoms with Crippen LogP contribution in [0.15, 0.2) is 30.6 Å². The van der Waals surface area contributed by atoms with Crippen LogP contribution in [0.25, 0.3) is 0 Å². The van der Waals surface area contributed by atoms with Crippen LogP contribution in [0.3, 0.4) is 0 Å². The largest absolute Gasteiger partial charge is 0.481 e. The van der Waals surface area contributed by atoms with E-state index in [4.69, 9.17) is 9.47 Å². The van der Waals surface area contributed by atoms with Gasteiger partial charge in [0, 0.05) is 62.7 Å². The van der Waals surface area contributed by atoms with Gasteiger partial charge in [0.15, 0.2) is 0 Å². The average Bonchev–Trinajstić information content (AvgIpc) is 3.31. The Bertz CT molecular complexity index is 1310. The molecular formula is C30H40F3N5O5. The molecule has 0 aliphatic carbocycles. The first-order valence-electron chi connectivity index (χ1n) is 14.3. The van der Waals surface area contributed by atoms with Crippen LogP contribution in [-0.2, 0) is 27.0 Å². The van der Waals surface area contributed by atoms with E-state index >= 15 is 0 Å². The number of hydrogen-bond acceptors (Lipinski definition) is 8. The van der Waals surface area contributed by atoms with Gasteiger partial charge < -0.3 is 29.7 Å². The van der Waals surface area contributed by atoms with Crippen molar-refractivity contribution in [3.8, 4) is 5.88 Å². The maximum Gasteiger partial charge on any atom is 0.417 e. The number of methoxy groups -OCH3 is 1. The van der Waals surface area contributed by atoms with E-state index in [0.717, 1.165) is 18.9 Å². The highest BCUT2D eigenvalue weighted by atomic mass is 19.4. The summed E-state index contributed by atoms with van der Waals surface area (Å²) < 4.78 is 51.9. The zero-order chi connectivity index (χ0) is 31.7. The van der Waals surface area contributed by atoms with Crippen molar-refractivity contribution in [1.82, 2.24) is 20.2 Å². The molecule has 2 aromatic rings. The van der Waals surface area contributed by atoms with Gasteiger partial charge in [0.25, 0.3) is 5.91 Å². The molecule has 43 heavy (non-hydrogen) atoms. The van der Waals surface area contributed by atoms with Crippen molar-refractivity contribution in [2.75, 3.05) is 32.7 Å². The number of rotatable bonds is 8. The number of carbonyl (C=O) groups excluding carboxylic acids is 1. The van der Waals surface area contributed by atoms with Gasteiger partial charge in [-0.3, -0.25) is 4.79 Å². The zero-order valence-corrected chi connectivity index (χ0v) is 25.3. The number of alkyl halides is 3. The van der Waals surface area contributed by atoms with Crippen molar-refractivity contribution in [2.24, 2.45) is 11.3 Å². The normalized spacial score (nSPS) is 24.6. The Hall–Kier alpha value is -3.45. The maximum absolute atomic E-state index is 14.2. The molecule has 10 nitrogen and oxygen atoms in total. The lowest BCUT2D eigenvalue weighted by Crippen LogP contribution is -2.51. The number of aromatic nitrogens is 2. The van der Waals surface area contributed by atoms with Crippen molar-refractivity contribution < 1.29 is 37.3 Å². The van der Waals surface area contributed by atoms with Gasteiger partial charge in [-0.2, -0.15) is 13.2 Å². The van der Waals surface area contributed by atoms with E-state index in [1.165, 1.54) is 12.0 Å². The molecule has 5 atom stereocenters. The Balaban J connectivity index is 1.89. The molecule has 2 saturated heterocycles. The number of halogens is 3. The van der Waals surface area contributed by atoms with Gasteiger partial charge in [-0.25, -0.2) is 14.8 Å². The Labute approximate surface area is 249 Å². The quantitative estimate of drug-likeness (QED) is 0.453. The molecule has 0 saturated carbocycles. The number of pyridine rings is 2. The first kappa shape index (κ1) is 32.5. The molecular weight excluding hydrogens is 567 g/mol. The number of anilines is 1. The van der Waals surface area contributed by atoms with Gasteiger partial charge in [-0.05, 0) is 36.8 Å². The molecule has 2 N–H and O–H groups in total. The highest BCUT2D eigenvalue weighted by Crippen LogP contribution is 2.50. The lowest BCUT2D eigenvalue weighted by atomic mass is 9.72. The number of hydrogen-bond donors (Lipinski definition) is 2. The minimum absolute atomic E-state index is 0.0102. The van der Waals surface area contributed by atoms with Crippen molar-refractivity contribution in [2.45, 2.75) is 77.0 Å². The van der Waals surface area contributed by atoms with E-state index in [2.05, 4.69) is 15.3 Å². The van der Waals surface area contributed by atoms with Crippen molar-refractivity contribution in [3.05, 3.63) is 47.3 Å². The molecule has 2 aromatic heterocycles. The van der Waals surface area contributed by atoms with Crippen LogP contribution in [0, 0.1) is 11.3 Å². The van der Waals surface area contributed by atoms with E-state index in [1.807, 2.05) is 20.8 Å². The SMILES string of the molecule is COc1ncc(C(F)(F)F)cc1CN[C@H]1[C@H](C(C)(C)C)[C@@H](C(=O)O)N(C(=O)[C@H]2CCCCO2)[C@H]1c1cccnc1N(C)C. The summed E-state index contributed by atoms with van der Waals surface area (Å²) in [7, 11) is 4.92. The fourth-order valence-corrected chi connectivity index (χ4v) is 6.36. The Morgan fingerprint density at radius 2 is 1.93 bits per heavy atom. The van der Waals surface area contributed by atoms with Gasteiger partial charge in [0.05, 0.1) is 18.7 Å². The highest BCUT2D eigenvalue weighted by Gasteiger charge is 2.59. The predicted octanol–water partition coefficient (Wildman–Crippen LogP) is 4.30. The summed E-state index contributed by atoms with van der Waals surface area (Å²) in [5.41, 5.74) is -0.827. The molecule has 2 fully saturated rings. The number of aliphatic carboxylic acids is 1. The third-order valence-electron chi connectivity index (χ3n) is 8.16. The molecule has 13 heteroatoms. The predicted molar refractivity (Wildman–Crippen MR) is 153 cm³/mol. The Morgan fingerprint density at radius 1 is 1.21 bits per heavy atom. The van der Waals surface area contributed by atoms with Crippen LogP contribution in [0.4, 0.5) is 19.0 Å². The van der Waals surface area contributed by atoms with E-state index in [-0.39, 0.29) is 18.0 Å². The molecule has 236 valence electrons. The van der Waals surface area contributed by atoms with Crippen molar-refractivity contribution in [1.29, 1.82) is 0 Å². The second-order valence-electron chi connectivity index (χ2n) is 12.3. The number of carboxylic acids is 1. The number of carboxylic acid groups (broad SMARTS) is 1. The lowest BCUT2D eigenvalue weighted by Gasteiger charge is -2.36. The molecule has 0 aromatic carbocycles. The second-order valence-corrected chi connectivity index (χ2v) is 12.3. The number of ether oxygens (including phenoxy) is 2. The molecule has 1 amide bonds. The standard InChI is InChI=1S/C30H40F3N5O5/c1-29(2,3)21-22(35-15-17-14-18(30(31,32)33)16-36-26(17)42-6)23(19-10-9-12-34-25(19)37(4)5)38(24(21)28(40)41)27(39)20-11-7-8-13-43-20/h9-10,12,14,16,20-24,35H,7-8,11,13,15H2,1-6H3,(H,40,41)/t20-,21+,22+,23+,24+/m1/s1. The molecule has 0 spiro atoms. The van der Waals surface area contributed by atoms with E-state index < -0.39 is 59.2 Å². The number of nitrogens with one attached hydrogen (secondary N) is 1. The molecule has 4 rings (SSSR count). The van der Waals surface area contributed by atoms with E-state index in [9.17, 15) is 27.9 Å². The molecule has 0 unspecified atom stereocenters. The van der Waals surface area contributed by atoms with E-state index in [1.54, 1.807) is 37.3 Å². The Morgan fingerprint density at radius 3 is 2.49 bits per heavy atom. The summed E-state index contributed by atoms with van der Waals surface area (Å²) in [6.45, 7) is 5.96. The second kappa shape index (κ2) is 12.7. The summed E-state index contributed by atoms with van der Waals surface area (Å²) in [6, 6.07) is 1.70. The van der Waals surface area contributed by atoms with Gasteiger partial charge in [-0.1, -0.05) is 26.8 Å². The molecule has 2 aliphatic heterocycles. The van der Waals surface area contributed by atoms with Crippen LogP contribution in [0.2, 0.25) is 0 Å². The van der Waals surface area contributed by atoms with Crippen molar-refractivity contribution in [3.63, 3.8) is 0 Å². The number of amides is 1. The van der Waals surface area contributed by atoms with Crippen LogP contribution in [-0.4, -0.2) is 77.9 Å². The number of nitrogens with zero attached hydrogens (tertiary/aromatic N) is 4. The molecule has 4 heterocycles. The average molecular weight is 608 g/mol. The molecule has 2 aliphatic rings. The van der Waals surface area contributed by atoms with Crippen molar-refractivity contribution >= 4 is 17.7 Å². The summed E-state index contributed by atoms with van der Waals surface area (Å²) in [5, 5.41) is 14.0. The van der Waals surface area contributed by atoms with Crippen LogP contribution in [0.5, 0.6) is 5.88 Å². The van der Waals surface area contributed by atoms with Gasteiger partial charge in [-0.15, -0.1) is 0 Å². The summed E-state index contributed by atoms with van der Waals surface area (Å²) >= 11 is 0. The highest BCUT2D eigenvalue weighted by molar-refractivity contribution is 5.88. The third-order valence-corrected chi connectivity index (χ3v) is 8.16. The first-order valence-corrected chi connectivity index (χ1v) is 14.3. The minimum atomic E-state index is -4.62. The lowest BCUT2D eigenvalue weighted by molar-refractivity contribution is -0.159. The van der Waals surface area contributed by atoms with Gasteiger partial charge in [0.2, 0.25) is 5.88 Å². The van der Waals surface area contributed by atoms with Crippen LogP contribution >= 0.6 is 0 Å². The fraction of sp³-hybridized carbons (Fsp3) is 0.600. The van der Waals surface area contributed by atoms with E-state index in [0.29, 0.717) is 30.6 Å². The smallest absolute Gasteiger partial charge is 0.417 e. The van der Waals surface area contributed by atoms with Crippen LogP contribution < -0.4 is 15.0 Å². The maximum atomic E-state index is 14.2. The molecule has 0 bridgehead atoms. The summed E-state index contributed by atoms with van der Waals surface area (Å²) in [6.07, 6.45) is -1.05. The number of carbonyl (C=O) groups is 2. The minimum Gasteiger partial charge on any atom is -0.481 e. The number of likely N-dealkylation sites (tertiary alicyclic amines) is 1. The molecule has 0 radical (unpaired) electrons. The summed E-state index contributed by atoms with van der Waals surface area (Å²) in [5.74, 6) is -1.72. The topological polar surface area (TPSA) is 117 Å². The monoisotopic (exact) mass is 607 g/mol. The Kier molecular flexibility index (Phi) is 9.55. The van der Waals surface area contributed by atoms with Gasteiger partial charge >= 0.3 is 12.1 Å². The van der Waals surface area contributed by atoms with Gasteiger partial charge in [0.1, 0.15) is 18.0 Å². The first-order chi connectivity index (χ1) is 20.2. The third kappa shape index (κ3) is 6.72. The van der Waals surface area contributed by atoms with Crippen LogP contribution in [0.1, 0.15) is 62.8 Å². The fourth-order valence-electron chi connectivity index (χ4n) is 6.36. The summed E-state index contributed by atoms with van der Waals surface area (Å²) in [4.78, 5) is 38.9. The zero-order valence-electron chi connectivity index (χ0n) is 25.3.